The van der Waals surface area contributed by atoms with E-state index in [2.05, 4.69) is 15.7 Å². The van der Waals surface area contributed by atoms with Crippen molar-refractivity contribution in [2.45, 2.75) is 25.7 Å². The van der Waals surface area contributed by atoms with Gasteiger partial charge in [0.1, 0.15) is 18.4 Å². The molecule has 0 aliphatic carbocycles. The molecule has 1 aromatic carbocycles. The number of amides is 2. The predicted molar refractivity (Wildman–Crippen MR) is 81.8 cm³/mol. The first-order valence-corrected chi connectivity index (χ1v) is 7.17. The van der Waals surface area contributed by atoms with Gasteiger partial charge in [-0.25, -0.2) is 4.79 Å². The van der Waals surface area contributed by atoms with E-state index in [0.29, 0.717) is 10.4 Å². The highest BCUT2D eigenvalue weighted by atomic mass is 19.4. The van der Waals surface area contributed by atoms with Gasteiger partial charge in [-0.1, -0.05) is 18.2 Å². The summed E-state index contributed by atoms with van der Waals surface area (Å²) >= 11 is 0. The van der Waals surface area contributed by atoms with Crippen LogP contribution in [-0.4, -0.2) is 34.6 Å². The van der Waals surface area contributed by atoms with Crippen LogP contribution in [0.3, 0.4) is 0 Å². The standard InChI is InChI=1S/C15H17F3N4O2/c1-11(24-13-5-3-2-4-6-13)7-19-14(23)21-12-8-20-22(9-12)10-15(16,17)18/h2-6,8-9,11H,7,10H2,1H3,(H2,19,21,23). The van der Waals surface area contributed by atoms with E-state index in [9.17, 15) is 18.0 Å². The molecule has 2 amide bonds. The highest BCUT2D eigenvalue weighted by Gasteiger charge is 2.28. The number of alkyl halides is 3. The predicted octanol–water partition coefficient (Wildman–Crippen LogP) is 3.03. The zero-order chi connectivity index (χ0) is 17.6. The second kappa shape index (κ2) is 7.71. The van der Waals surface area contributed by atoms with Crippen LogP contribution < -0.4 is 15.4 Å². The Labute approximate surface area is 136 Å². The first-order valence-electron chi connectivity index (χ1n) is 7.17. The van der Waals surface area contributed by atoms with Gasteiger partial charge in [0.05, 0.1) is 18.4 Å². The summed E-state index contributed by atoms with van der Waals surface area (Å²) in [6, 6.07) is 8.58. The molecule has 24 heavy (non-hydrogen) atoms. The van der Waals surface area contributed by atoms with Gasteiger partial charge in [0.15, 0.2) is 0 Å². The molecule has 9 heteroatoms. The number of anilines is 1. The fraction of sp³-hybridized carbons (Fsp3) is 0.333. The highest BCUT2D eigenvalue weighted by molar-refractivity contribution is 5.88. The van der Waals surface area contributed by atoms with E-state index < -0.39 is 18.8 Å². The smallest absolute Gasteiger partial charge is 0.408 e. The number of benzene rings is 1. The van der Waals surface area contributed by atoms with Crippen LogP contribution in [0.2, 0.25) is 0 Å². The Kier molecular flexibility index (Phi) is 5.67. The summed E-state index contributed by atoms with van der Waals surface area (Å²) in [6.07, 6.45) is -2.38. The van der Waals surface area contributed by atoms with Crippen molar-refractivity contribution in [3.05, 3.63) is 42.7 Å². The second-order valence-corrected chi connectivity index (χ2v) is 5.12. The Morgan fingerprint density at radius 1 is 1.33 bits per heavy atom. The summed E-state index contributed by atoms with van der Waals surface area (Å²) in [7, 11) is 0. The van der Waals surface area contributed by atoms with Gasteiger partial charge in [-0.05, 0) is 19.1 Å². The second-order valence-electron chi connectivity index (χ2n) is 5.12. The van der Waals surface area contributed by atoms with Crippen molar-refractivity contribution in [3.63, 3.8) is 0 Å². The van der Waals surface area contributed by atoms with Crippen molar-refractivity contribution < 1.29 is 22.7 Å². The molecule has 1 unspecified atom stereocenters. The first kappa shape index (κ1) is 17.6. The van der Waals surface area contributed by atoms with Crippen molar-refractivity contribution in [1.82, 2.24) is 15.1 Å². The number of hydrogen-bond donors (Lipinski definition) is 2. The maximum absolute atomic E-state index is 12.2. The summed E-state index contributed by atoms with van der Waals surface area (Å²) in [6.45, 7) is 0.810. The van der Waals surface area contributed by atoms with Crippen LogP contribution >= 0.6 is 0 Å². The molecule has 0 spiro atoms. The number of rotatable bonds is 6. The van der Waals surface area contributed by atoms with Gasteiger partial charge >= 0.3 is 12.2 Å². The van der Waals surface area contributed by atoms with Gasteiger partial charge in [-0.3, -0.25) is 4.68 Å². The lowest BCUT2D eigenvalue weighted by Crippen LogP contribution is -2.36. The molecule has 0 fully saturated rings. The fourth-order valence-corrected chi connectivity index (χ4v) is 1.88. The first-order chi connectivity index (χ1) is 11.3. The topological polar surface area (TPSA) is 68.2 Å². The van der Waals surface area contributed by atoms with Gasteiger partial charge in [-0.15, -0.1) is 0 Å². The largest absolute Gasteiger partial charge is 0.489 e. The molecule has 0 bridgehead atoms. The molecule has 0 radical (unpaired) electrons. The van der Waals surface area contributed by atoms with Crippen molar-refractivity contribution in [1.29, 1.82) is 0 Å². The number of nitrogens with zero attached hydrogens (tertiary/aromatic N) is 2. The van der Waals surface area contributed by atoms with Crippen molar-refractivity contribution in [3.8, 4) is 5.75 Å². The third-order valence-corrected chi connectivity index (χ3v) is 2.86. The Morgan fingerprint density at radius 3 is 2.71 bits per heavy atom. The summed E-state index contributed by atoms with van der Waals surface area (Å²) in [5, 5.41) is 8.52. The molecule has 2 rings (SSSR count). The van der Waals surface area contributed by atoms with Crippen molar-refractivity contribution >= 4 is 11.7 Å². The number of hydrogen-bond acceptors (Lipinski definition) is 3. The average molecular weight is 342 g/mol. The maximum atomic E-state index is 12.2. The minimum Gasteiger partial charge on any atom is -0.489 e. The molecule has 6 nitrogen and oxygen atoms in total. The Morgan fingerprint density at radius 2 is 2.04 bits per heavy atom. The molecular formula is C15H17F3N4O2. The third kappa shape index (κ3) is 6.19. The maximum Gasteiger partial charge on any atom is 0.408 e. The molecule has 1 aromatic heterocycles. The Bertz CT molecular complexity index is 658. The van der Waals surface area contributed by atoms with E-state index in [4.69, 9.17) is 4.74 Å². The molecule has 2 N–H and O–H groups in total. The molecular weight excluding hydrogens is 325 g/mol. The molecule has 130 valence electrons. The summed E-state index contributed by atoms with van der Waals surface area (Å²) < 4.78 is 43.0. The number of para-hydroxylation sites is 1. The van der Waals surface area contributed by atoms with Crippen LogP contribution in [0.4, 0.5) is 23.7 Å². The zero-order valence-electron chi connectivity index (χ0n) is 12.9. The van der Waals surface area contributed by atoms with Crippen LogP contribution in [0, 0.1) is 0 Å². The minimum absolute atomic E-state index is 0.174. The van der Waals surface area contributed by atoms with Gasteiger partial charge in [0.25, 0.3) is 0 Å². The summed E-state index contributed by atoms with van der Waals surface area (Å²) in [5.41, 5.74) is 0.174. The molecule has 2 aromatic rings. The fourth-order valence-electron chi connectivity index (χ4n) is 1.88. The van der Waals surface area contributed by atoms with E-state index in [1.165, 1.54) is 0 Å². The van der Waals surface area contributed by atoms with E-state index in [0.717, 1.165) is 12.4 Å². The van der Waals surface area contributed by atoms with E-state index in [-0.39, 0.29) is 18.3 Å². The number of aromatic nitrogens is 2. The quantitative estimate of drug-likeness (QED) is 0.848. The van der Waals surface area contributed by atoms with Crippen LogP contribution in [-0.2, 0) is 6.54 Å². The number of carbonyl (C=O) groups is 1. The Hall–Kier alpha value is -2.71. The normalized spacial score (nSPS) is 12.5. The minimum atomic E-state index is -4.37. The van der Waals surface area contributed by atoms with E-state index in [1.807, 2.05) is 18.2 Å². The van der Waals surface area contributed by atoms with Crippen LogP contribution in [0.1, 0.15) is 6.92 Å². The lowest BCUT2D eigenvalue weighted by atomic mass is 10.3. The summed E-state index contributed by atoms with van der Waals surface area (Å²) in [5.74, 6) is 0.681. The molecule has 1 atom stereocenters. The molecule has 0 saturated carbocycles. The van der Waals surface area contributed by atoms with Crippen molar-refractivity contribution in [2.24, 2.45) is 0 Å². The average Bonchev–Trinajstić information content (AvgIpc) is 2.91. The van der Waals surface area contributed by atoms with E-state index in [1.54, 1.807) is 19.1 Å². The number of urea groups is 1. The SMILES string of the molecule is CC(CNC(=O)Nc1cnn(CC(F)(F)F)c1)Oc1ccccc1. The summed E-state index contributed by atoms with van der Waals surface area (Å²) in [4.78, 5) is 11.7. The Balaban J connectivity index is 1.75. The van der Waals surface area contributed by atoms with Gasteiger partial charge in [0, 0.05) is 6.20 Å². The van der Waals surface area contributed by atoms with E-state index >= 15 is 0 Å². The molecule has 0 aliphatic rings. The third-order valence-electron chi connectivity index (χ3n) is 2.86. The van der Waals surface area contributed by atoms with Gasteiger partial charge in [0.2, 0.25) is 0 Å². The molecule has 0 aliphatic heterocycles. The van der Waals surface area contributed by atoms with Gasteiger partial charge < -0.3 is 15.4 Å². The zero-order valence-corrected chi connectivity index (χ0v) is 12.9. The number of ether oxygens (including phenoxy) is 1. The monoisotopic (exact) mass is 342 g/mol. The van der Waals surface area contributed by atoms with Crippen LogP contribution in [0.25, 0.3) is 0 Å². The number of halogens is 3. The number of carbonyl (C=O) groups excluding carboxylic acids is 1. The van der Waals surface area contributed by atoms with Gasteiger partial charge in [-0.2, -0.15) is 18.3 Å². The molecule has 1 heterocycles. The van der Waals surface area contributed by atoms with Crippen molar-refractivity contribution in [2.75, 3.05) is 11.9 Å². The van der Waals surface area contributed by atoms with Crippen LogP contribution in [0.5, 0.6) is 5.75 Å². The number of nitrogens with one attached hydrogen (secondary N) is 2. The molecule has 0 saturated heterocycles. The van der Waals surface area contributed by atoms with Crippen LogP contribution in [0.15, 0.2) is 42.7 Å². The lowest BCUT2D eigenvalue weighted by molar-refractivity contribution is -0.142. The lowest BCUT2D eigenvalue weighted by Gasteiger charge is -2.15. The highest BCUT2D eigenvalue weighted by Crippen LogP contribution is 2.18.